The number of phosphoric ester groups is 1. The number of fused-ring (bicyclic) bond motifs is 1. The summed E-state index contributed by atoms with van der Waals surface area (Å²) >= 11 is 0. The minimum Gasteiger partial charge on any atom is -0.387 e. The number of ether oxygens (including phenoxy) is 1. The van der Waals surface area contributed by atoms with Crippen LogP contribution in [0.2, 0.25) is 0 Å². The van der Waals surface area contributed by atoms with Gasteiger partial charge in [-0.25, -0.2) is 20.4 Å². The number of hydrogen-bond donors (Lipinski definition) is 7. The lowest BCUT2D eigenvalue weighted by Crippen LogP contribution is -2.44. The van der Waals surface area contributed by atoms with Crippen LogP contribution >= 0.6 is 7.82 Å². The van der Waals surface area contributed by atoms with E-state index in [2.05, 4.69) is 26.3 Å². The summed E-state index contributed by atoms with van der Waals surface area (Å²) in [6, 6.07) is 0. The van der Waals surface area contributed by atoms with Crippen LogP contribution in [-0.2, 0) is 18.6 Å². The van der Waals surface area contributed by atoms with Crippen molar-refractivity contribution < 1.29 is 38.6 Å². The molecule has 0 aliphatic carbocycles. The third-order valence-electron chi connectivity index (χ3n) is 4.49. The number of hydrogen-bond acceptors (Lipinski definition) is 10. The zero-order valence-corrected chi connectivity index (χ0v) is 16.4. The summed E-state index contributed by atoms with van der Waals surface area (Å²) in [6.07, 6.45) is -1.57. The van der Waals surface area contributed by atoms with Crippen molar-refractivity contribution >= 4 is 30.6 Å². The molecule has 1 amide bonds. The molecule has 14 nitrogen and oxygen atoms in total. The molecule has 2 aromatic heterocycles. The number of aliphatic hydroxyl groups excluding tert-OH is 1. The molecule has 3 unspecified atom stereocenters. The van der Waals surface area contributed by atoms with Gasteiger partial charge in [0.05, 0.1) is 17.6 Å². The summed E-state index contributed by atoms with van der Waals surface area (Å²) in [6.45, 7) is 0.584. The first-order chi connectivity index (χ1) is 14.0. The Morgan fingerprint density at radius 2 is 2.20 bits per heavy atom. The summed E-state index contributed by atoms with van der Waals surface area (Å²) in [4.78, 5) is 37.1. The van der Waals surface area contributed by atoms with Crippen molar-refractivity contribution in [1.82, 2.24) is 20.0 Å². The van der Waals surface area contributed by atoms with Crippen LogP contribution in [0.1, 0.15) is 18.7 Å². The topological polar surface area (TPSA) is 228 Å². The first-order valence-electron chi connectivity index (χ1n) is 8.35. The van der Waals surface area contributed by atoms with E-state index in [-0.39, 0.29) is 22.4 Å². The number of hydrazine groups is 1. The van der Waals surface area contributed by atoms with Gasteiger partial charge in [-0.2, -0.15) is 0 Å². The number of anilines is 1. The molecule has 0 radical (unpaired) electrons. The SMILES string of the molecule is C[C@@]1(O)C(O)C(COP(=O)(O)O)OC1n1cc(C#CC(=O)NN)c2c(N)ncnc21. The Kier molecular flexibility index (Phi) is 5.83. The van der Waals surface area contributed by atoms with Gasteiger partial charge in [-0.05, 0) is 6.92 Å². The molecule has 2 aromatic rings. The van der Waals surface area contributed by atoms with Crippen LogP contribution in [-0.4, -0.2) is 64.9 Å². The molecule has 15 heteroatoms. The molecule has 30 heavy (non-hydrogen) atoms. The van der Waals surface area contributed by atoms with Crippen molar-refractivity contribution in [1.29, 1.82) is 0 Å². The van der Waals surface area contributed by atoms with Crippen molar-refractivity contribution in [3.63, 3.8) is 0 Å². The van der Waals surface area contributed by atoms with Gasteiger partial charge in [0.15, 0.2) is 6.23 Å². The average Bonchev–Trinajstić information content (AvgIpc) is 3.14. The van der Waals surface area contributed by atoms with Crippen molar-refractivity contribution in [2.45, 2.75) is 31.0 Å². The fourth-order valence-corrected chi connectivity index (χ4v) is 3.43. The van der Waals surface area contributed by atoms with E-state index in [1.165, 1.54) is 17.7 Å². The Balaban J connectivity index is 2.05. The zero-order valence-electron chi connectivity index (χ0n) is 15.5. The average molecular weight is 442 g/mol. The van der Waals surface area contributed by atoms with Crippen molar-refractivity contribution in [2.24, 2.45) is 5.84 Å². The second-order valence-electron chi connectivity index (χ2n) is 6.61. The van der Waals surface area contributed by atoms with Gasteiger partial charge in [0.25, 0.3) is 0 Å². The van der Waals surface area contributed by atoms with Gasteiger partial charge in [0.2, 0.25) is 0 Å². The third-order valence-corrected chi connectivity index (χ3v) is 4.98. The Morgan fingerprint density at radius 3 is 2.83 bits per heavy atom. The summed E-state index contributed by atoms with van der Waals surface area (Å²) in [7, 11) is -4.82. The highest BCUT2D eigenvalue weighted by Gasteiger charge is 2.54. The van der Waals surface area contributed by atoms with Gasteiger partial charge < -0.3 is 35.0 Å². The highest BCUT2D eigenvalue weighted by molar-refractivity contribution is 7.46. The maximum atomic E-state index is 11.4. The molecule has 0 saturated carbocycles. The molecule has 162 valence electrons. The highest BCUT2D eigenvalue weighted by atomic mass is 31.2. The molecule has 0 spiro atoms. The minimum absolute atomic E-state index is 0.0378. The van der Waals surface area contributed by atoms with Crippen molar-refractivity contribution in [3.05, 3.63) is 18.1 Å². The van der Waals surface area contributed by atoms with Crippen LogP contribution < -0.4 is 17.0 Å². The Morgan fingerprint density at radius 1 is 1.50 bits per heavy atom. The normalized spacial score (nSPS) is 26.4. The molecular formula is C15H19N6O8P. The van der Waals surface area contributed by atoms with E-state index in [1.807, 2.05) is 5.43 Å². The van der Waals surface area contributed by atoms with Gasteiger partial charge in [-0.3, -0.25) is 14.7 Å². The molecule has 1 fully saturated rings. The molecule has 1 aliphatic rings. The molecule has 1 aliphatic heterocycles. The lowest BCUT2D eigenvalue weighted by Gasteiger charge is -2.27. The zero-order chi connectivity index (χ0) is 22.3. The van der Waals surface area contributed by atoms with Gasteiger partial charge in [-0.15, -0.1) is 0 Å². The number of rotatable bonds is 4. The number of aromatic nitrogens is 3. The second-order valence-corrected chi connectivity index (χ2v) is 7.85. The van der Waals surface area contributed by atoms with E-state index in [0.717, 1.165) is 6.33 Å². The predicted octanol–water partition coefficient (Wildman–Crippen LogP) is -2.53. The number of nitrogens with two attached hydrogens (primary N) is 2. The Labute approximate surface area is 169 Å². The molecule has 3 rings (SSSR count). The van der Waals surface area contributed by atoms with Crippen LogP contribution in [0.3, 0.4) is 0 Å². The van der Waals surface area contributed by atoms with Crippen molar-refractivity contribution in [2.75, 3.05) is 12.3 Å². The number of nitrogen functional groups attached to an aromatic ring is 1. The van der Waals surface area contributed by atoms with E-state index in [4.69, 9.17) is 26.1 Å². The van der Waals surface area contributed by atoms with E-state index in [0.29, 0.717) is 0 Å². The first-order valence-corrected chi connectivity index (χ1v) is 9.88. The molecular weight excluding hydrogens is 423 g/mol. The molecule has 0 aromatic carbocycles. The number of carbonyl (C=O) groups excluding carboxylic acids is 1. The van der Waals surface area contributed by atoms with Gasteiger partial charge in [-0.1, -0.05) is 5.92 Å². The largest absolute Gasteiger partial charge is 0.469 e. The fourth-order valence-electron chi connectivity index (χ4n) is 3.09. The minimum atomic E-state index is -4.82. The van der Waals surface area contributed by atoms with Crippen LogP contribution in [0.15, 0.2) is 12.5 Å². The van der Waals surface area contributed by atoms with Gasteiger partial charge in [0, 0.05) is 12.1 Å². The maximum absolute atomic E-state index is 11.4. The molecule has 0 bridgehead atoms. The number of aliphatic hydroxyl groups is 2. The lowest BCUT2D eigenvalue weighted by molar-refractivity contribution is -0.115. The number of nitrogens with one attached hydrogen (secondary N) is 1. The van der Waals surface area contributed by atoms with Gasteiger partial charge in [0.1, 0.15) is 35.6 Å². The first kappa shape index (κ1) is 22.1. The van der Waals surface area contributed by atoms with Crippen LogP contribution in [0, 0.1) is 11.8 Å². The van der Waals surface area contributed by atoms with Gasteiger partial charge >= 0.3 is 13.7 Å². The Hall–Kier alpha value is -2.60. The number of carbonyl (C=O) groups is 1. The quantitative estimate of drug-likeness (QED) is 0.0855. The second kappa shape index (κ2) is 7.91. The highest BCUT2D eigenvalue weighted by Crippen LogP contribution is 2.43. The Bertz CT molecular complexity index is 1090. The monoisotopic (exact) mass is 442 g/mol. The standard InChI is InChI=1S/C15H19N6O8P/c1-15(24)11(23)8(5-28-30(25,26)27)29-14(15)21-4-7(2-3-9(22)20-17)10-12(16)18-6-19-13(10)21/h4,6,8,11,14,23-24H,5,17H2,1H3,(H,20,22)(H2,16,18,19)(H2,25,26,27)/t8?,11?,14?,15-/m1/s1. The number of nitrogens with zero attached hydrogens (tertiary/aromatic N) is 3. The van der Waals surface area contributed by atoms with E-state index >= 15 is 0 Å². The van der Waals surface area contributed by atoms with E-state index < -0.39 is 44.4 Å². The lowest BCUT2D eigenvalue weighted by atomic mass is 9.96. The maximum Gasteiger partial charge on any atom is 0.469 e. The molecule has 4 atom stereocenters. The molecule has 9 N–H and O–H groups in total. The molecule has 1 saturated heterocycles. The summed E-state index contributed by atoms with van der Waals surface area (Å²) in [5.41, 5.74) is 6.23. The third kappa shape index (κ3) is 4.15. The predicted molar refractivity (Wildman–Crippen MR) is 99.7 cm³/mol. The summed E-state index contributed by atoms with van der Waals surface area (Å²) < 4.78 is 22.3. The van der Waals surface area contributed by atoms with Crippen LogP contribution in [0.25, 0.3) is 11.0 Å². The van der Waals surface area contributed by atoms with Crippen LogP contribution in [0.5, 0.6) is 0 Å². The smallest absolute Gasteiger partial charge is 0.387 e. The van der Waals surface area contributed by atoms with E-state index in [1.54, 1.807) is 0 Å². The summed E-state index contributed by atoms with van der Waals surface area (Å²) in [5.74, 6) is 9.08. The number of amides is 1. The number of phosphoric acid groups is 1. The summed E-state index contributed by atoms with van der Waals surface area (Å²) in [5, 5.41) is 21.5. The molecule has 3 heterocycles. The van der Waals surface area contributed by atoms with E-state index in [9.17, 15) is 19.6 Å². The van der Waals surface area contributed by atoms with Crippen molar-refractivity contribution in [3.8, 4) is 11.8 Å². The van der Waals surface area contributed by atoms with Crippen LogP contribution in [0.4, 0.5) is 5.82 Å². The fraction of sp³-hybridized carbons (Fsp3) is 0.400.